The Bertz CT molecular complexity index is 152. The van der Waals surface area contributed by atoms with Crippen molar-refractivity contribution in [1.82, 2.24) is 5.01 Å². The number of rotatable bonds is 2. The Kier molecular flexibility index (Phi) is 3.55. The smallest absolute Gasteiger partial charge is 0.268 e. The van der Waals surface area contributed by atoms with Crippen molar-refractivity contribution in [2.45, 2.75) is 44.3 Å². The largest absolute Gasteiger partial charge is 0.402 e. The van der Waals surface area contributed by atoms with Gasteiger partial charge in [-0.15, -0.1) is 0 Å². The second kappa shape index (κ2) is 4.28. The molecule has 13 heavy (non-hydrogen) atoms. The van der Waals surface area contributed by atoms with E-state index in [1.165, 1.54) is 0 Å². The molecule has 0 aromatic rings. The predicted molar refractivity (Wildman–Crippen MR) is 43.8 cm³/mol. The van der Waals surface area contributed by atoms with Gasteiger partial charge >= 0.3 is 6.18 Å². The van der Waals surface area contributed by atoms with Gasteiger partial charge in [0.05, 0.1) is 0 Å². The second-order valence-corrected chi connectivity index (χ2v) is 3.58. The minimum absolute atomic E-state index is 0.0737. The molecule has 0 aliphatic heterocycles. The maximum Gasteiger partial charge on any atom is 0.402 e. The fraction of sp³-hybridized carbons (Fsp3) is 1.00. The Hall–Kier alpha value is -0.290. The van der Waals surface area contributed by atoms with Gasteiger partial charge in [-0.3, -0.25) is 5.84 Å². The van der Waals surface area contributed by atoms with E-state index < -0.39 is 12.7 Å². The normalized spacial score (nSPS) is 21.0. The molecule has 1 aliphatic carbocycles. The summed E-state index contributed by atoms with van der Waals surface area (Å²) in [5, 5.41) is 0.944. The highest BCUT2D eigenvalue weighted by molar-refractivity contribution is 4.73. The third kappa shape index (κ3) is 3.95. The molecule has 0 spiro atoms. The average molecular weight is 196 g/mol. The molecule has 0 saturated heterocycles. The lowest BCUT2D eigenvalue weighted by Gasteiger charge is -2.30. The maximum absolute atomic E-state index is 11.9. The van der Waals surface area contributed by atoms with Crippen molar-refractivity contribution in [2.24, 2.45) is 5.84 Å². The van der Waals surface area contributed by atoms with E-state index in [0.29, 0.717) is 0 Å². The summed E-state index contributed by atoms with van der Waals surface area (Å²) in [4.78, 5) is 0. The zero-order valence-corrected chi connectivity index (χ0v) is 7.48. The molecule has 0 radical (unpaired) electrons. The number of hydrogen-bond acceptors (Lipinski definition) is 2. The van der Waals surface area contributed by atoms with Crippen LogP contribution in [0.3, 0.4) is 0 Å². The van der Waals surface area contributed by atoms with E-state index in [1.807, 2.05) is 0 Å². The number of halogens is 3. The van der Waals surface area contributed by atoms with Crippen LogP contribution in [0.15, 0.2) is 0 Å². The number of nitrogens with two attached hydrogens (primary N) is 1. The van der Waals surface area contributed by atoms with Crippen molar-refractivity contribution in [3.8, 4) is 0 Å². The molecule has 0 aromatic carbocycles. The van der Waals surface area contributed by atoms with Crippen molar-refractivity contribution < 1.29 is 13.2 Å². The Morgan fingerprint density at radius 3 is 2.15 bits per heavy atom. The van der Waals surface area contributed by atoms with Crippen LogP contribution in [-0.4, -0.2) is 23.8 Å². The van der Waals surface area contributed by atoms with Gasteiger partial charge in [-0.2, -0.15) is 13.2 Å². The van der Waals surface area contributed by atoms with E-state index in [-0.39, 0.29) is 6.04 Å². The zero-order valence-electron chi connectivity index (χ0n) is 7.48. The minimum Gasteiger partial charge on any atom is -0.268 e. The Balaban J connectivity index is 2.33. The standard InChI is InChI=1S/C8H15F3N2/c9-8(10,11)6-13(12)7-4-2-1-3-5-7/h7H,1-6,12H2. The van der Waals surface area contributed by atoms with Crippen LogP contribution < -0.4 is 5.84 Å². The molecule has 5 heteroatoms. The molecular formula is C8H15F3N2. The SMILES string of the molecule is NN(CC(F)(F)F)C1CCCCC1. The predicted octanol–water partition coefficient (Wildman–Crippen LogP) is 2.06. The topological polar surface area (TPSA) is 29.3 Å². The van der Waals surface area contributed by atoms with Crippen molar-refractivity contribution >= 4 is 0 Å². The monoisotopic (exact) mass is 196 g/mol. The Labute approximate surface area is 75.9 Å². The molecule has 78 valence electrons. The quantitative estimate of drug-likeness (QED) is 0.541. The van der Waals surface area contributed by atoms with Gasteiger partial charge in [-0.25, -0.2) is 5.01 Å². The molecule has 0 aromatic heterocycles. The molecule has 0 bridgehead atoms. The highest BCUT2D eigenvalue weighted by Gasteiger charge is 2.32. The molecule has 0 unspecified atom stereocenters. The van der Waals surface area contributed by atoms with Gasteiger partial charge in [0.25, 0.3) is 0 Å². The minimum atomic E-state index is -4.17. The van der Waals surface area contributed by atoms with Crippen LogP contribution in [0, 0.1) is 0 Å². The van der Waals surface area contributed by atoms with E-state index in [9.17, 15) is 13.2 Å². The lowest BCUT2D eigenvalue weighted by Crippen LogP contribution is -2.47. The first-order valence-electron chi connectivity index (χ1n) is 4.57. The van der Waals surface area contributed by atoms with Crippen molar-refractivity contribution in [3.63, 3.8) is 0 Å². The van der Waals surface area contributed by atoms with Crippen LogP contribution in [0.2, 0.25) is 0 Å². The summed E-state index contributed by atoms with van der Waals surface area (Å²) < 4.78 is 35.8. The van der Waals surface area contributed by atoms with Gasteiger partial charge in [0.1, 0.15) is 6.54 Å². The van der Waals surface area contributed by atoms with Gasteiger partial charge in [0, 0.05) is 6.04 Å². The first-order chi connectivity index (χ1) is 5.99. The van der Waals surface area contributed by atoms with E-state index in [4.69, 9.17) is 5.84 Å². The highest BCUT2D eigenvalue weighted by Crippen LogP contribution is 2.23. The molecule has 1 rings (SSSR count). The molecular weight excluding hydrogens is 181 g/mol. The number of alkyl halides is 3. The van der Waals surface area contributed by atoms with Crippen molar-refractivity contribution in [3.05, 3.63) is 0 Å². The first kappa shape index (κ1) is 10.8. The molecule has 0 atom stereocenters. The van der Waals surface area contributed by atoms with E-state index in [0.717, 1.165) is 37.1 Å². The number of hydrazine groups is 1. The van der Waals surface area contributed by atoms with E-state index >= 15 is 0 Å². The summed E-state index contributed by atoms with van der Waals surface area (Å²) in [7, 11) is 0. The van der Waals surface area contributed by atoms with Crippen molar-refractivity contribution in [2.75, 3.05) is 6.54 Å². The summed E-state index contributed by atoms with van der Waals surface area (Å²) >= 11 is 0. The third-order valence-corrected chi connectivity index (χ3v) is 2.41. The van der Waals surface area contributed by atoms with Crippen LogP contribution >= 0.6 is 0 Å². The van der Waals surface area contributed by atoms with Crippen LogP contribution in [0.1, 0.15) is 32.1 Å². The molecule has 1 fully saturated rings. The van der Waals surface area contributed by atoms with Crippen LogP contribution in [0.4, 0.5) is 13.2 Å². The molecule has 0 heterocycles. The van der Waals surface area contributed by atoms with Gasteiger partial charge < -0.3 is 0 Å². The maximum atomic E-state index is 11.9. The summed E-state index contributed by atoms with van der Waals surface area (Å²) in [6.45, 7) is -0.988. The molecule has 1 aliphatic rings. The fourth-order valence-corrected chi connectivity index (χ4v) is 1.75. The van der Waals surface area contributed by atoms with Crippen LogP contribution in [0.5, 0.6) is 0 Å². The number of nitrogens with zero attached hydrogens (tertiary/aromatic N) is 1. The summed E-state index contributed by atoms with van der Waals surface area (Å²) in [6.07, 6.45) is 0.536. The van der Waals surface area contributed by atoms with Gasteiger partial charge in [0.2, 0.25) is 0 Å². The summed E-state index contributed by atoms with van der Waals surface area (Å²) in [5.74, 6) is 5.35. The molecule has 1 saturated carbocycles. The Morgan fingerprint density at radius 2 is 1.69 bits per heavy atom. The lowest BCUT2D eigenvalue weighted by atomic mass is 9.95. The molecule has 2 N–H and O–H groups in total. The Morgan fingerprint density at radius 1 is 1.15 bits per heavy atom. The summed E-state index contributed by atoms with van der Waals surface area (Å²) in [5.41, 5.74) is 0. The number of hydrogen-bond donors (Lipinski definition) is 1. The van der Waals surface area contributed by atoms with Gasteiger partial charge in [-0.1, -0.05) is 19.3 Å². The molecule has 2 nitrogen and oxygen atoms in total. The van der Waals surface area contributed by atoms with Crippen molar-refractivity contribution in [1.29, 1.82) is 0 Å². The second-order valence-electron chi connectivity index (χ2n) is 3.58. The fourth-order valence-electron chi connectivity index (χ4n) is 1.75. The van der Waals surface area contributed by atoms with E-state index in [1.54, 1.807) is 0 Å². The highest BCUT2D eigenvalue weighted by atomic mass is 19.4. The lowest BCUT2D eigenvalue weighted by molar-refractivity contribution is -0.152. The average Bonchev–Trinajstić information content (AvgIpc) is 2.03. The van der Waals surface area contributed by atoms with Gasteiger partial charge in [0.15, 0.2) is 0 Å². The zero-order chi connectivity index (χ0) is 9.90. The first-order valence-corrected chi connectivity index (χ1v) is 4.57. The van der Waals surface area contributed by atoms with Crippen LogP contribution in [0.25, 0.3) is 0 Å². The summed E-state index contributed by atoms with van der Waals surface area (Å²) in [6, 6.07) is -0.0737. The van der Waals surface area contributed by atoms with Crippen LogP contribution in [-0.2, 0) is 0 Å². The third-order valence-electron chi connectivity index (χ3n) is 2.41. The molecule has 0 amide bonds. The van der Waals surface area contributed by atoms with E-state index in [2.05, 4.69) is 0 Å². The van der Waals surface area contributed by atoms with Gasteiger partial charge in [-0.05, 0) is 12.8 Å².